The first-order valence-electron chi connectivity index (χ1n) is 8.63. The fourth-order valence-corrected chi connectivity index (χ4v) is 3.96. The normalized spacial score (nSPS) is 15.6. The Morgan fingerprint density at radius 3 is 3.04 bits per heavy atom. The Morgan fingerprint density at radius 1 is 1.42 bits per heavy atom. The first kappa shape index (κ1) is 16.8. The van der Waals surface area contributed by atoms with Crippen molar-refractivity contribution in [3.05, 3.63) is 47.2 Å². The fraction of sp³-hybridized carbons (Fsp3) is 0.316. The molecule has 3 aromatic rings. The number of rotatable bonds is 5. The number of para-hydroxylation sites is 1. The number of carbonyl (C=O) groups is 2. The van der Waals surface area contributed by atoms with Gasteiger partial charge in [-0.25, -0.2) is 4.98 Å². The van der Waals surface area contributed by atoms with Crippen LogP contribution < -0.4 is 10.2 Å². The summed E-state index contributed by atoms with van der Waals surface area (Å²) in [6.45, 7) is 2.60. The van der Waals surface area contributed by atoms with Crippen molar-refractivity contribution in [2.24, 2.45) is 0 Å². The fourth-order valence-electron chi connectivity index (χ4n) is 3.10. The molecular weight excluding hydrogens is 350 g/mol. The van der Waals surface area contributed by atoms with Gasteiger partial charge in [-0.15, -0.1) is 11.3 Å². The number of hydrogen-bond acceptors (Lipinski definition) is 5. The highest BCUT2D eigenvalue weighted by molar-refractivity contribution is 7.14. The lowest BCUT2D eigenvalue weighted by Gasteiger charge is -2.11. The topological polar surface area (TPSA) is 75.4 Å². The molecule has 6 nitrogen and oxygen atoms in total. The van der Waals surface area contributed by atoms with Crippen LogP contribution in [0.1, 0.15) is 37.3 Å². The van der Waals surface area contributed by atoms with E-state index >= 15 is 0 Å². The molecule has 0 aliphatic carbocycles. The molecule has 1 aromatic carbocycles. The Bertz CT molecular complexity index is 929. The van der Waals surface area contributed by atoms with Crippen LogP contribution >= 0.6 is 11.3 Å². The van der Waals surface area contributed by atoms with Gasteiger partial charge in [-0.05, 0) is 25.5 Å². The van der Waals surface area contributed by atoms with E-state index in [-0.39, 0.29) is 24.3 Å². The zero-order valence-electron chi connectivity index (χ0n) is 14.4. The van der Waals surface area contributed by atoms with Gasteiger partial charge in [0.2, 0.25) is 11.8 Å². The van der Waals surface area contributed by atoms with E-state index in [0.29, 0.717) is 23.8 Å². The number of nitrogens with zero attached hydrogens (tertiary/aromatic N) is 2. The van der Waals surface area contributed by atoms with Crippen molar-refractivity contribution in [1.82, 2.24) is 10.3 Å². The van der Waals surface area contributed by atoms with Crippen LogP contribution in [0.3, 0.4) is 0 Å². The summed E-state index contributed by atoms with van der Waals surface area (Å²) >= 11 is 1.41. The zero-order chi connectivity index (χ0) is 18.1. The summed E-state index contributed by atoms with van der Waals surface area (Å²) in [6, 6.07) is 9.48. The van der Waals surface area contributed by atoms with Crippen LogP contribution in [-0.4, -0.2) is 23.3 Å². The number of nitrogens with one attached hydrogen (secondary N) is 1. The molecule has 26 heavy (non-hydrogen) atoms. The number of fused-ring (bicyclic) bond motifs is 1. The lowest BCUT2D eigenvalue weighted by molar-refractivity contribution is -0.121. The maximum atomic E-state index is 12.3. The summed E-state index contributed by atoms with van der Waals surface area (Å²) in [7, 11) is 0. The Kier molecular flexibility index (Phi) is 4.46. The quantitative estimate of drug-likeness (QED) is 0.747. The summed E-state index contributed by atoms with van der Waals surface area (Å²) in [4.78, 5) is 30.3. The summed E-state index contributed by atoms with van der Waals surface area (Å²) in [6.07, 6.45) is 1.62. The summed E-state index contributed by atoms with van der Waals surface area (Å²) in [5, 5.41) is 6.48. The molecule has 2 amide bonds. The highest BCUT2D eigenvalue weighted by Gasteiger charge is 2.24. The number of hydrogen-bond donors (Lipinski definition) is 1. The van der Waals surface area contributed by atoms with Crippen LogP contribution in [0, 0.1) is 0 Å². The van der Waals surface area contributed by atoms with Gasteiger partial charge in [0.15, 0.2) is 5.13 Å². The van der Waals surface area contributed by atoms with Gasteiger partial charge in [0.25, 0.3) is 0 Å². The summed E-state index contributed by atoms with van der Waals surface area (Å²) < 4.78 is 5.79. The highest BCUT2D eigenvalue weighted by Crippen LogP contribution is 2.26. The number of aromatic nitrogens is 1. The van der Waals surface area contributed by atoms with Gasteiger partial charge in [-0.1, -0.05) is 18.2 Å². The summed E-state index contributed by atoms with van der Waals surface area (Å²) in [5.74, 6) is 0.706. The van der Waals surface area contributed by atoms with Gasteiger partial charge in [-0.2, -0.15) is 0 Å². The highest BCUT2D eigenvalue weighted by atomic mass is 32.1. The summed E-state index contributed by atoms with van der Waals surface area (Å²) in [5.41, 5.74) is 1.49. The number of amides is 2. The van der Waals surface area contributed by atoms with Gasteiger partial charge in [0.1, 0.15) is 11.3 Å². The van der Waals surface area contributed by atoms with Crippen molar-refractivity contribution < 1.29 is 14.0 Å². The van der Waals surface area contributed by atoms with Crippen molar-refractivity contribution in [3.8, 4) is 0 Å². The molecule has 1 saturated heterocycles. The second kappa shape index (κ2) is 6.92. The lowest BCUT2D eigenvalue weighted by atomic mass is 10.2. The van der Waals surface area contributed by atoms with Crippen LogP contribution in [0.5, 0.6) is 0 Å². The molecule has 1 fully saturated rings. The molecule has 1 aliphatic rings. The SMILES string of the molecule is C[C@@H](NC(=O)Cc1csc(N2CCCC2=O)n1)c1cc2ccccc2o1. The van der Waals surface area contributed by atoms with E-state index in [9.17, 15) is 9.59 Å². The Balaban J connectivity index is 1.39. The van der Waals surface area contributed by atoms with Gasteiger partial charge >= 0.3 is 0 Å². The lowest BCUT2D eigenvalue weighted by Crippen LogP contribution is -2.28. The molecule has 2 aromatic heterocycles. The predicted molar refractivity (Wildman–Crippen MR) is 100 cm³/mol. The molecule has 1 N–H and O–H groups in total. The van der Waals surface area contributed by atoms with Crippen molar-refractivity contribution in [3.63, 3.8) is 0 Å². The van der Waals surface area contributed by atoms with Gasteiger partial charge in [-0.3, -0.25) is 14.5 Å². The molecule has 1 atom stereocenters. The minimum absolute atomic E-state index is 0.105. The van der Waals surface area contributed by atoms with Crippen LogP contribution in [0.25, 0.3) is 11.0 Å². The third-order valence-corrected chi connectivity index (χ3v) is 5.35. The molecule has 0 radical (unpaired) electrons. The van der Waals surface area contributed by atoms with Crippen molar-refractivity contribution in [2.75, 3.05) is 11.4 Å². The van der Waals surface area contributed by atoms with Crippen LogP contribution in [0.4, 0.5) is 5.13 Å². The van der Waals surface area contributed by atoms with Gasteiger partial charge < -0.3 is 9.73 Å². The van der Waals surface area contributed by atoms with Gasteiger partial charge in [0, 0.05) is 23.7 Å². The number of thiazole rings is 1. The molecule has 4 rings (SSSR count). The van der Waals surface area contributed by atoms with Crippen LogP contribution in [0.2, 0.25) is 0 Å². The van der Waals surface area contributed by atoms with Crippen molar-refractivity contribution in [1.29, 1.82) is 0 Å². The van der Waals surface area contributed by atoms with E-state index in [1.54, 1.807) is 4.90 Å². The Labute approximate surface area is 154 Å². The number of benzene rings is 1. The molecule has 0 bridgehead atoms. The van der Waals surface area contributed by atoms with E-state index in [1.165, 1.54) is 11.3 Å². The largest absolute Gasteiger partial charge is 0.459 e. The maximum Gasteiger partial charge on any atom is 0.228 e. The smallest absolute Gasteiger partial charge is 0.228 e. The van der Waals surface area contributed by atoms with E-state index in [0.717, 1.165) is 23.2 Å². The number of furan rings is 1. The van der Waals surface area contributed by atoms with Crippen molar-refractivity contribution in [2.45, 2.75) is 32.2 Å². The Hall–Kier alpha value is -2.67. The molecule has 0 unspecified atom stereocenters. The molecule has 7 heteroatoms. The molecule has 1 aliphatic heterocycles. The molecule has 134 valence electrons. The Morgan fingerprint density at radius 2 is 2.27 bits per heavy atom. The van der Waals surface area contributed by atoms with Crippen LogP contribution in [0.15, 0.2) is 40.1 Å². The van der Waals surface area contributed by atoms with E-state index in [1.807, 2.05) is 42.6 Å². The number of carbonyl (C=O) groups excluding carboxylic acids is 2. The number of anilines is 1. The minimum Gasteiger partial charge on any atom is -0.459 e. The van der Waals surface area contributed by atoms with Crippen LogP contribution in [-0.2, 0) is 16.0 Å². The average molecular weight is 369 g/mol. The second-order valence-electron chi connectivity index (χ2n) is 6.42. The van der Waals surface area contributed by atoms with E-state index < -0.39 is 0 Å². The third-order valence-electron chi connectivity index (χ3n) is 4.43. The monoisotopic (exact) mass is 369 g/mol. The first-order chi connectivity index (χ1) is 12.6. The van der Waals surface area contributed by atoms with E-state index in [2.05, 4.69) is 10.3 Å². The predicted octanol–water partition coefficient (Wildman–Crippen LogP) is 3.44. The first-order valence-corrected chi connectivity index (χ1v) is 9.51. The molecule has 0 saturated carbocycles. The third kappa shape index (κ3) is 3.35. The molecule has 0 spiro atoms. The maximum absolute atomic E-state index is 12.3. The average Bonchev–Trinajstić information content (AvgIpc) is 3.33. The van der Waals surface area contributed by atoms with Gasteiger partial charge in [0.05, 0.1) is 18.2 Å². The minimum atomic E-state index is -0.229. The van der Waals surface area contributed by atoms with E-state index in [4.69, 9.17) is 4.42 Å². The second-order valence-corrected chi connectivity index (χ2v) is 7.26. The zero-order valence-corrected chi connectivity index (χ0v) is 15.2. The molecule has 3 heterocycles. The standard InChI is InChI=1S/C19H19N3O3S/c1-12(16-9-13-5-2-3-6-15(13)25-16)20-17(23)10-14-11-26-19(21-14)22-8-4-7-18(22)24/h2-3,5-6,9,11-12H,4,7-8,10H2,1H3,(H,20,23)/t12-/m1/s1. The molecular formula is C19H19N3O3S. The van der Waals surface area contributed by atoms with Crippen molar-refractivity contribution >= 4 is 39.3 Å².